The van der Waals surface area contributed by atoms with Crippen LogP contribution in [-0.2, 0) is 11.8 Å². The van der Waals surface area contributed by atoms with Gasteiger partial charge in [0.1, 0.15) is 11.9 Å². The monoisotopic (exact) mass is 348 g/mol. The summed E-state index contributed by atoms with van der Waals surface area (Å²) in [5.74, 6) is 4.45. The number of piperazine rings is 1. The minimum Gasteiger partial charge on any atom is -0.336 e. The second-order valence-electron chi connectivity index (χ2n) is 5.08. The quantitative estimate of drug-likeness (QED) is 0.869. The van der Waals surface area contributed by atoms with Crippen LogP contribution in [0.15, 0.2) is 12.4 Å². The van der Waals surface area contributed by atoms with Crippen LogP contribution in [0.1, 0.15) is 11.9 Å². The molecule has 8 heteroatoms. The fourth-order valence-corrected chi connectivity index (χ4v) is 5.33. The first-order chi connectivity index (χ1) is 9.77. The third kappa shape index (κ3) is 3.70. The summed E-state index contributed by atoms with van der Waals surface area (Å²) in [6.07, 6.45) is 3.75. The molecule has 1 aromatic rings. The van der Waals surface area contributed by atoms with Crippen molar-refractivity contribution < 1.29 is 4.79 Å². The number of rotatable bonds is 2. The molecule has 5 nitrogen and oxygen atoms in total. The fraction of sp³-hybridized carbons (Fsp3) is 0.692. The smallest absolute Gasteiger partial charge is 0.237 e. The molecule has 0 bridgehead atoms. The number of thioether (sulfide) groups is 2. The molecule has 2 aliphatic rings. The van der Waals surface area contributed by atoms with Crippen LogP contribution in [0.4, 0.5) is 0 Å². The van der Waals surface area contributed by atoms with Crippen LogP contribution >= 0.6 is 35.9 Å². The van der Waals surface area contributed by atoms with Gasteiger partial charge in [0, 0.05) is 56.3 Å². The molecule has 0 saturated carbocycles. The lowest BCUT2D eigenvalue weighted by Crippen LogP contribution is -2.52. The standard InChI is InChI=1S/C13H20N4OS2.ClH/c1-16-4-3-15-12(16)10-8-14-2-5-17(10)13(18)11-9-19-6-7-20-11;/h3-4,10-11,14H,2,5-9H2,1H3;1H. The number of halogens is 1. The molecule has 2 fully saturated rings. The highest BCUT2D eigenvalue weighted by Gasteiger charge is 2.35. The zero-order chi connectivity index (χ0) is 13.9. The van der Waals surface area contributed by atoms with Gasteiger partial charge in [-0.1, -0.05) is 0 Å². The van der Waals surface area contributed by atoms with Crippen molar-refractivity contribution in [1.82, 2.24) is 19.8 Å². The molecule has 1 aromatic heterocycles. The van der Waals surface area contributed by atoms with E-state index in [1.54, 1.807) is 6.20 Å². The van der Waals surface area contributed by atoms with Gasteiger partial charge in [-0.25, -0.2) is 4.98 Å². The molecule has 3 heterocycles. The van der Waals surface area contributed by atoms with E-state index in [1.807, 2.05) is 46.2 Å². The van der Waals surface area contributed by atoms with Crippen molar-refractivity contribution >= 4 is 41.8 Å². The molecule has 2 unspecified atom stereocenters. The van der Waals surface area contributed by atoms with Gasteiger partial charge in [-0.2, -0.15) is 11.8 Å². The predicted molar refractivity (Wildman–Crippen MR) is 91.4 cm³/mol. The maximum absolute atomic E-state index is 12.8. The number of amides is 1. The molecule has 118 valence electrons. The third-order valence-corrected chi connectivity index (χ3v) is 6.52. The van der Waals surface area contributed by atoms with Crippen molar-refractivity contribution in [2.24, 2.45) is 7.05 Å². The van der Waals surface area contributed by atoms with Gasteiger partial charge in [0.2, 0.25) is 5.91 Å². The molecule has 2 saturated heterocycles. The minimum absolute atomic E-state index is 0. The molecule has 2 atom stereocenters. The SMILES string of the molecule is Cl.Cn1ccnc1C1CNCCN1C(=O)C1CSCCS1. The van der Waals surface area contributed by atoms with E-state index in [0.717, 1.165) is 37.0 Å². The Morgan fingerprint density at radius 2 is 2.33 bits per heavy atom. The van der Waals surface area contributed by atoms with E-state index >= 15 is 0 Å². The highest BCUT2D eigenvalue weighted by molar-refractivity contribution is 8.07. The third-order valence-electron chi connectivity index (χ3n) is 3.77. The van der Waals surface area contributed by atoms with Gasteiger partial charge in [-0.15, -0.1) is 24.2 Å². The van der Waals surface area contributed by atoms with Crippen molar-refractivity contribution in [2.75, 3.05) is 36.9 Å². The highest BCUT2D eigenvalue weighted by Crippen LogP contribution is 2.29. The Morgan fingerprint density at radius 1 is 1.48 bits per heavy atom. The molecule has 1 amide bonds. The van der Waals surface area contributed by atoms with Crippen LogP contribution in [0.3, 0.4) is 0 Å². The summed E-state index contributed by atoms with van der Waals surface area (Å²) in [7, 11) is 1.99. The van der Waals surface area contributed by atoms with E-state index in [0.29, 0.717) is 0 Å². The van der Waals surface area contributed by atoms with Crippen molar-refractivity contribution in [1.29, 1.82) is 0 Å². The fourth-order valence-electron chi connectivity index (χ4n) is 2.71. The number of aromatic nitrogens is 2. The Labute approximate surface area is 140 Å². The van der Waals surface area contributed by atoms with Crippen LogP contribution in [0.5, 0.6) is 0 Å². The number of hydrogen-bond donors (Lipinski definition) is 1. The van der Waals surface area contributed by atoms with E-state index in [2.05, 4.69) is 10.3 Å². The zero-order valence-electron chi connectivity index (χ0n) is 12.0. The van der Waals surface area contributed by atoms with Crippen LogP contribution in [-0.4, -0.2) is 62.5 Å². The highest BCUT2D eigenvalue weighted by atomic mass is 35.5. The van der Waals surface area contributed by atoms with Crippen molar-refractivity contribution in [3.8, 4) is 0 Å². The second kappa shape index (κ2) is 7.76. The molecule has 0 spiro atoms. The normalized spacial score (nSPS) is 26.2. The number of carbonyl (C=O) groups excluding carboxylic acids is 1. The number of carbonyl (C=O) groups is 1. The van der Waals surface area contributed by atoms with Crippen molar-refractivity contribution in [3.05, 3.63) is 18.2 Å². The van der Waals surface area contributed by atoms with Gasteiger partial charge in [-0.05, 0) is 0 Å². The number of aryl methyl sites for hydroxylation is 1. The molecule has 21 heavy (non-hydrogen) atoms. The Balaban J connectivity index is 0.00000161. The molecule has 1 N–H and O–H groups in total. The van der Waals surface area contributed by atoms with Crippen molar-refractivity contribution in [3.63, 3.8) is 0 Å². The summed E-state index contributed by atoms with van der Waals surface area (Å²) >= 11 is 3.70. The predicted octanol–water partition coefficient (Wildman–Crippen LogP) is 1.16. The first-order valence-electron chi connectivity index (χ1n) is 6.95. The van der Waals surface area contributed by atoms with Gasteiger partial charge in [0.05, 0.1) is 5.25 Å². The van der Waals surface area contributed by atoms with Crippen LogP contribution in [0.2, 0.25) is 0 Å². The van der Waals surface area contributed by atoms with Gasteiger partial charge in [-0.3, -0.25) is 4.79 Å². The van der Waals surface area contributed by atoms with Crippen LogP contribution < -0.4 is 5.32 Å². The zero-order valence-corrected chi connectivity index (χ0v) is 14.5. The van der Waals surface area contributed by atoms with E-state index in [9.17, 15) is 4.79 Å². The summed E-state index contributed by atoms with van der Waals surface area (Å²) in [5.41, 5.74) is 0. The molecule has 0 radical (unpaired) electrons. The summed E-state index contributed by atoms with van der Waals surface area (Å²) < 4.78 is 2.01. The van der Waals surface area contributed by atoms with Gasteiger partial charge >= 0.3 is 0 Å². The topological polar surface area (TPSA) is 50.2 Å². The van der Waals surface area contributed by atoms with E-state index in [4.69, 9.17) is 0 Å². The Bertz CT molecular complexity index is 478. The molecule has 2 aliphatic heterocycles. The molecule has 0 aliphatic carbocycles. The van der Waals surface area contributed by atoms with Crippen molar-refractivity contribution in [2.45, 2.75) is 11.3 Å². The Hall–Kier alpha value is -0.370. The maximum Gasteiger partial charge on any atom is 0.237 e. The lowest BCUT2D eigenvalue weighted by atomic mass is 10.1. The first kappa shape index (κ1) is 17.0. The molecular formula is C13H21ClN4OS2. The van der Waals surface area contributed by atoms with Crippen LogP contribution in [0, 0.1) is 0 Å². The Morgan fingerprint density at radius 3 is 3.00 bits per heavy atom. The lowest BCUT2D eigenvalue weighted by Gasteiger charge is -2.38. The average molecular weight is 349 g/mol. The number of nitrogens with one attached hydrogen (secondary N) is 1. The van der Waals surface area contributed by atoms with Gasteiger partial charge in [0.15, 0.2) is 0 Å². The summed E-state index contributed by atoms with van der Waals surface area (Å²) in [5, 5.41) is 3.50. The second-order valence-corrected chi connectivity index (χ2v) is 7.54. The number of imidazole rings is 1. The van der Waals surface area contributed by atoms with Crippen LogP contribution in [0.25, 0.3) is 0 Å². The Kier molecular flexibility index (Phi) is 6.28. The summed E-state index contributed by atoms with van der Waals surface area (Å²) in [4.78, 5) is 19.3. The number of nitrogens with zero attached hydrogens (tertiary/aromatic N) is 3. The van der Waals surface area contributed by atoms with Gasteiger partial charge in [0.25, 0.3) is 0 Å². The first-order valence-corrected chi connectivity index (χ1v) is 9.15. The molecule has 3 rings (SSSR count). The molecule has 0 aromatic carbocycles. The number of hydrogen-bond acceptors (Lipinski definition) is 5. The minimum atomic E-state index is 0. The summed E-state index contributed by atoms with van der Waals surface area (Å²) in [6.45, 7) is 2.44. The van der Waals surface area contributed by atoms with E-state index in [-0.39, 0.29) is 29.6 Å². The largest absolute Gasteiger partial charge is 0.336 e. The lowest BCUT2D eigenvalue weighted by molar-refractivity contribution is -0.133. The average Bonchev–Trinajstić information content (AvgIpc) is 2.93. The van der Waals surface area contributed by atoms with E-state index in [1.165, 1.54) is 5.75 Å². The maximum atomic E-state index is 12.8. The van der Waals surface area contributed by atoms with E-state index < -0.39 is 0 Å². The molecular weight excluding hydrogens is 328 g/mol. The summed E-state index contributed by atoms with van der Waals surface area (Å²) in [6, 6.07) is 0.0591. The van der Waals surface area contributed by atoms with Gasteiger partial charge < -0.3 is 14.8 Å².